The lowest BCUT2D eigenvalue weighted by atomic mass is 9.99. The third kappa shape index (κ3) is 2.78. The van der Waals surface area contributed by atoms with E-state index in [4.69, 9.17) is 10.00 Å². The standard InChI is InChI=1S/C14H18N2O/c1-10-3-4-12(8-15)14(7-10)16-11(2)13-5-6-17-9-13/h3-4,7,11,13,16H,5-6,9H2,1-2H3. The van der Waals surface area contributed by atoms with Gasteiger partial charge >= 0.3 is 0 Å². The Morgan fingerprint density at radius 2 is 2.35 bits per heavy atom. The zero-order chi connectivity index (χ0) is 12.3. The van der Waals surface area contributed by atoms with Crippen LogP contribution >= 0.6 is 0 Å². The number of nitriles is 1. The van der Waals surface area contributed by atoms with E-state index >= 15 is 0 Å². The van der Waals surface area contributed by atoms with Crippen LogP contribution in [0.5, 0.6) is 0 Å². The maximum Gasteiger partial charge on any atom is 0.101 e. The highest BCUT2D eigenvalue weighted by Gasteiger charge is 2.22. The van der Waals surface area contributed by atoms with E-state index in [1.165, 1.54) is 5.56 Å². The lowest BCUT2D eigenvalue weighted by molar-refractivity contribution is 0.183. The average molecular weight is 230 g/mol. The largest absolute Gasteiger partial charge is 0.381 e. The lowest BCUT2D eigenvalue weighted by Gasteiger charge is -2.21. The first kappa shape index (κ1) is 11.9. The van der Waals surface area contributed by atoms with Gasteiger partial charge in [0.15, 0.2) is 0 Å². The van der Waals surface area contributed by atoms with Gasteiger partial charge in [0.25, 0.3) is 0 Å². The van der Waals surface area contributed by atoms with Crippen LogP contribution in [0.15, 0.2) is 18.2 Å². The fraction of sp³-hybridized carbons (Fsp3) is 0.500. The molecule has 0 aromatic heterocycles. The van der Waals surface area contributed by atoms with Crippen molar-refractivity contribution in [1.29, 1.82) is 5.26 Å². The van der Waals surface area contributed by atoms with Crippen molar-refractivity contribution in [1.82, 2.24) is 0 Å². The Labute approximate surface area is 102 Å². The summed E-state index contributed by atoms with van der Waals surface area (Å²) in [7, 11) is 0. The molecule has 3 heteroatoms. The number of hydrogen-bond acceptors (Lipinski definition) is 3. The molecule has 0 spiro atoms. The zero-order valence-corrected chi connectivity index (χ0v) is 10.4. The lowest BCUT2D eigenvalue weighted by Crippen LogP contribution is -2.26. The molecule has 0 radical (unpaired) electrons. The molecule has 2 rings (SSSR count). The molecule has 1 N–H and O–H groups in total. The van der Waals surface area contributed by atoms with Gasteiger partial charge in [-0.1, -0.05) is 6.07 Å². The summed E-state index contributed by atoms with van der Waals surface area (Å²) >= 11 is 0. The van der Waals surface area contributed by atoms with E-state index < -0.39 is 0 Å². The van der Waals surface area contributed by atoms with Crippen molar-refractivity contribution >= 4 is 5.69 Å². The SMILES string of the molecule is Cc1ccc(C#N)c(NC(C)C2CCOC2)c1. The molecule has 1 aliphatic heterocycles. The molecular formula is C14H18N2O. The van der Waals surface area contributed by atoms with Gasteiger partial charge in [0.1, 0.15) is 6.07 Å². The van der Waals surface area contributed by atoms with Crippen LogP contribution in [0.2, 0.25) is 0 Å². The Morgan fingerprint density at radius 3 is 3.00 bits per heavy atom. The predicted molar refractivity (Wildman–Crippen MR) is 67.9 cm³/mol. The quantitative estimate of drug-likeness (QED) is 0.868. The van der Waals surface area contributed by atoms with Crippen molar-refractivity contribution < 1.29 is 4.74 Å². The van der Waals surface area contributed by atoms with Crippen molar-refractivity contribution in [2.75, 3.05) is 18.5 Å². The van der Waals surface area contributed by atoms with Gasteiger partial charge in [-0.25, -0.2) is 0 Å². The van der Waals surface area contributed by atoms with Gasteiger partial charge in [0.05, 0.1) is 17.9 Å². The van der Waals surface area contributed by atoms with E-state index in [2.05, 4.69) is 18.3 Å². The van der Waals surface area contributed by atoms with Crippen LogP contribution in [0.3, 0.4) is 0 Å². The molecule has 1 aromatic carbocycles. The molecule has 1 aromatic rings. The van der Waals surface area contributed by atoms with Crippen LogP contribution in [0.25, 0.3) is 0 Å². The second-order valence-corrected chi connectivity index (χ2v) is 4.72. The van der Waals surface area contributed by atoms with Gasteiger partial charge in [-0.15, -0.1) is 0 Å². The van der Waals surface area contributed by atoms with Crippen molar-refractivity contribution in [3.63, 3.8) is 0 Å². The van der Waals surface area contributed by atoms with Crippen molar-refractivity contribution in [3.8, 4) is 6.07 Å². The molecule has 1 heterocycles. The first-order valence-corrected chi connectivity index (χ1v) is 6.05. The van der Waals surface area contributed by atoms with E-state index in [1.807, 2.05) is 25.1 Å². The highest BCUT2D eigenvalue weighted by molar-refractivity contribution is 5.59. The Balaban J connectivity index is 2.11. The van der Waals surface area contributed by atoms with Crippen LogP contribution in [-0.4, -0.2) is 19.3 Å². The summed E-state index contributed by atoms with van der Waals surface area (Å²) in [4.78, 5) is 0. The fourth-order valence-electron chi connectivity index (χ4n) is 2.19. The van der Waals surface area contributed by atoms with E-state index in [0.717, 1.165) is 25.3 Å². The summed E-state index contributed by atoms with van der Waals surface area (Å²) in [5.74, 6) is 0.544. The highest BCUT2D eigenvalue weighted by atomic mass is 16.5. The first-order valence-electron chi connectivity index (χ1n) is 6.05. The minimum Gasteiger partial charge on any atom is -0.381 e. The molecule has 0 bridgehead atoms. The second-order valence-electron chi connectivity index (χ2n) is 4.72. The number of benzene rings is 1. The molecule has 3 nitrogen and oxygen atoms in total. The maximum absolute atomic E-state index is 9.07. The number of rotatable bonds is 3. The topological polar surface area (TPSA) is 45.0 Å². The first-order chi connectivity index (χ1) is 8.20. The molecule has 1 fully saturated rings. The Morgan fingerprint density at radius 1 is 1.53 bits per heavy atom. The molecule has 90 valence electrons. The van der Waals surface area contributed by atoms with E-state index in [1.54, 1.807) is 0 Å². The molecule has 0 saturated carbocycles. The maximum atomic E-state index is 9.07. The van der Waals surface area contributed by atoms with Crippen LogP contribution in [0, 0.1) is 24.2 Å². The van der Waals surface area contributed by atoms with Crippen molar-refractivity contribution in [2.45, 2.75) is 26.3 Å². The van der Waals surface area contributed by atoms with E-state index in [0.29, 0.717) is 17.5 Å². The van der Waals surface area contributed by atoms with E-state index in [-0.39, 0.29) is 0 Å². The van der Waals surface area contributed by atoms with Crippen molar-refractivity contribution in [3.05, 3.63) is 29.3 Å². The van der Waals surface area contributed by atoms with Gasteiger partial charge in [0.2, 0.25) is 0 Å². The fourth-order valence-corrected chi connectivity index (χ4v) is 2.19. The second kappa shape index (κ2) is 5.20. The van der Waals surface area contributed by atoms with Gasteiger partial charge in [-0.3, -0.25) is 0 Å². The predicted octanol–water partition coefficient (Wildman–Crippen LogP) is 2.70. The summed E-state index contributed by atoms with van der Waals surface area (Å²) in [5.41, 5.74) is 2.81. The van der Waals surface area contributed by atoms with Gasteiger partial charge in [-0.05, 0) is 38.0 Å². The van der Waals surface area contributed by atoms with Crippen LogP contribution < -0.4 is 5.32 Å². The number of anilines is 1. The van der Waals surface area contributed by atoms with E-state index in [9.17, 15) is 0 Å². The summed E-state index contributed by atoms with van der Waals surface area (Å²) < 4.78 is 5.39. The summed E-state index contributed by atoms with van der Waals surface area (Å²) in [6, 6.07) is 8.43. The van der Waals surface area contributed by atoms with Gasteiger partial charge < -0.3 is 10.1 Å². The smallest absolute Gasteiger partial charge is 0.101 e. The summed E-state index contributed by atoms with van der Waals surface area (Å²) in [6.45, 7) is 5.87. The third-order valence-electron chi connectivity index (χ3n) is 3.35. The molecule has 17 heavy (non-hydrogen) atoms. The van der Waals surface area contributed by atoms with Crippen LogP contribution in [0.4, 0.5) is 5.69 Å². The highest BCUT2D eigenvalue weighted by Crippen LogP contribution is 2.23. The molecule has 1 aliphatic rings. The molecule has 0 amide bonds. The van der Waals surface area contributed by atoms with Crippen molar-refractivity contribution in [2.24, 2.45) is 5.92 Å². The Kier molecular flexibility index (Phi) is 3.65. The number of aryl methyl sites for hydroxylation is 1. The minimum atomic E-state index is 0.339. The van der Waals surface area contributed by atoms with Gasteiger partial charge in [-0.2, -0.15) is 5.26 Å². The minimum absolute atomic E-state index is 0.339. The summed E-state index contributed by atoms with van der Waals surface area (Å²) in [6.07, 6.45) is 1.10. The average Bonchev–Trinajstić information content (AvgIpc) is 2.83. The normalized spacial score (nSPS) is 20.9. The van der Waals surface area contributed by atoms with Crippen LogP contribution in [0.1, 0.15) is 24.5 Å². The molecule has 0 aliphatic carbocycles. The summed E-state index contributed by atoms with van der Waals surface area (Å²) in [5, 5.41) is 12.5. The zero-order valence-electron chi connectivity index (χ0n) is 10.4. The van der Waals surface area contributed by atoms with Crippen LogP contribution in [-0.2, 0) is 4.74 Å². The molecule has 2 atom stereocenters. The monoisotopic (exact) mass is 230 g/mol. The number of ether oxygens (including phenoxy) is 1. The number of nitrogens with one attached hydrogen (secondary N) is 1. The molecular weight excluding hydrogens is 212 g/mol. The van der Waals surface area contributed by atoms with Gasteiger partial charge in [0, 0.05) is 18.6 Å². The Hall–Kier alpha value is -1.53. The Bertz CT molecular complexity index is 430. The number of nitrogens with zero attached hydrogens (tertiary/aromatic N) is 1. The number of hydrogen-bond donors (Lipinski definition) is 1. The molecule has 1 saturated heterocycles. The molecule has 2 unspecified atom stereocenters. The third-order valence-corrected chi connectivity index (χ3v) is 3.35.